The van der Waals surface area contributed by atoms with E-state index < -0.39 is 0 Å². The normalized spacial score (nSPS) is 10.6. The van der Waals surface area contributed by atoms with Gasteiger partial charge in [0, 0.05) is 22.3 Å². The maximum absolute atomic E-state index is 12.4. The van der Waals surface area contributed by atoms with Crippen molar-refractivity contribution >= 4 is 34.1 Å². The number of benzene rings is 2. The van der Waals surface area contributed by atoms with Crippen LogP contribution in [0.25, 0.3) is 10.9 Å². The molecule has 0 saturated heterocycles. The molecular formula is C17H13ClN2O. The van der Waals surface area contributed by atoms with E-state index in [4.69, 9.17) is 11.6 Å². The molecule has 3 nitrogen and oxygen atoms in total. The van der Waals surface area contributed by atoms with Gasteiger partial charge < -0.3 is 5.32 Å². The molecule has 104 valence electrons. The Morgan fingerprint density at radius 2 is 1.95 bits per heavy atom. The summed E-state index contributed by atoms with van der Waals surface area (Å²) in [6, 6.07) is 14.8. The van der Waals surface area contributed by atoms with Crippen LogP contribution in [0, 0.1) is 6.92 Å². The molecule has 1 aromatic heterocycles. The molecule has 2 aromatic carbocycles. The summed E-state index contributed by atoms with van der Waals surface area (Å²) >= 11 is 6.07. The summed E-state index contributed by atoms with van der Waals surface area (Å²) in [5.74, 6) is -0.195. The van der Waals surface area contributed by atoms with Crippen LogP contribution in [0.1, 0.15) is 15.9 Å². The van der Waals surface area contributed by atoms with Gasteiger partial charge in [0.1, 0.15) is 0 Å². The van der Waals surface area contributed by atoms with Crippen molar-refractivity contribution in [2.45, 2.75) is 6.92 Å². The number of pyridine rings is 1. The summed E-state index contributed by atoms with van der Waals surface area (Å²) in [7, 11) is 0. The first-order chi connectivity index (χ1) is 10.1. The second-order valence-electron chi connectivity index (χ2n) is 4.80. The number of nitrogens with zero attached hydrogens (tertiary/aromatic N) is 1. The minimum absolute atomic E-state index is 0.195. The maximum Gasteiger partial charge on any atom is 0.257 e. The van der Waals surface area contributed by atoms with Crippen molar-refractivity contribution in [1.82, 2.24) is 4.98 Å². The zero-order valence-electron chi connectivity index (χ0n) is 11.4. The number of carbonyl (C=O) groups excluding carboxylic acids is 1. The van der Waals surface area contributed by atoms with Gasteiger partial charge >= 0.3 is 0 Å². The van der Waals surface area contributed by atoms with Crippen molar-refractivity contribution in [2.24, 2.45) is 0 Å². The quantitative estimate of drug-likeness (QED) is 0.759. The number of para-hydroxylation sites is 1. The number of amides is 1. The third kappa shape index (κ3) is 2.73. The highest BCUT2D eigenvalue weighted by Crippen LogP contribution is 2.22. The maximum atomic E-state index is 12.4. The molecule has 0 unspecified atom stereocenters. The Labute approximate surface area is 127 Å². The molecule has 4 heteroatoms. The molecule has 0 atom stereocenters. The highest BCUT2D eigenvalue weighted by atomic mass is 35.5. The first-order valence-corrected chi connectivity index (χ1v) is 6.94. The molecular weight excluding hydrogens is 284 g/mol. The number of anilines is 1. The van der Waals surface area contributed by atoms with Crippen LogP contribution in [-0.2, 0) is 0 Å². The number of halogens is 1. The van der Waals surface area contributed by atoms with Gasteiger partial charge in [-0.2, -0.15) is 0 Å². The fourth-order valence-corrected chi connectivity index (χ4v) is 2.34. The lowest BCUT2D eigenvalue weighted by Gasteiger charge is -2.08. The first-order valence-electron chi connectivity index (χ1n) is 6.56. The van der Waals surface area contributed by atoms with Gasteiger partial charge in [-0.25, -0.2) is 0 Å². The first kappa shape index (κ1) is 13.6. The van der Waals surface area contributed by atoms with Crippen molar-refractivity contribution in [1.29, 1.82) is 0 Å². The van der Waals surface area contributed by atoms with Crippen molar-refractivity contribution in [3.63, 3.8) is 0 Å². The Kier molecular flexibility index (Phi) is 3.59. The SMILES string of the molecule is Cc1ccc(NC(=O)c2cccc3cccnc23)cc1Cl. The van der Waals surface area contributed by atoms with E-state index in [0.29, 0.717) is 21.8 Å². The molecule has 3 aromatic rings. The average molecular weight is 297 g/mol. The van der Waals surface area contributed by atoms with Gasteiger partial charge in [0.15, 0.2) is 0 Å². The fraction of sp³-hybridized carbons (Fsp3) is 0.0588. The van der Waals surface area contributed by atoms with E-state index in [0.717, 1.165) is 10.9 Å². The molecule has 21 heavy (non-hydrogen) atoms. The minimum atomic E-state index is -0.195. The smallest absolute Gasteiger partial charge is 0.257 e. The van der Waals surface area contributed by atoms with Crippen molar-refractivity contribution in [2.75, 3.05) is 5.32 Å². The summed E-state index contributed by atoms with van der Waals surface area (Å²) in [4.78, 5) is 16.7. The van der Waals surface area contributed by atoms with Crippen LogP contribution < -0.4 is 5.32 Å². The van der Waals surface area contributed by atoms with E-state index in [1.165, 1.54) is 0 Å². The summed E-state index contributed by atoms with van der Waals surface area (Å²) in [5.41, 5.74) is 2.88. The van der Waals surface area contributed by atoms with E-state index in [1.54, 1.807) is 18.3 Å². The molecule has 1 heterocycles. The van der Waals surface area contributed by atoms with Gasteiger partial charge in [-0.1, -0.05) is 35.9 Å². The van der Waals surface area contributed by atoms with Gasteiger partial charge in [0.2, 0.25) is 0 Å². The second kappa shape index (κ2) is 5.54. The lowest BCUT2D eigenvalue weighted by molar-refractivity contribution is 0.102. The Balaban J connectivity index is 1.95. The third-order valence-corrected chi connectivity index (χ3v) is 3.71. The largest absolute Gasteiger partial charge is 0.322 e. The fourth-order valence-electron chi connectivity index (χ4n) is 2.16. The zero-order chi connectivity index (χ0) is 14.8. The lowest BCUT2D eigenvalue weighted by Crippen LogP contribution is -2.12. The van der Waals surface area contributed by atoms with Crippen molar-refractivity contribution in [3.8, 4) is 0 Å². The number of fused-ring (bicyclic) bond motifs is 1. The van der Waals surface area contributed by atoms with E-state index in [9.17, 15) is 4.79 Å². The summed E-state index contributed by atoms with van der Waals surface area (Å²) in [6.07, 6.45) is 1.68. The van der Waals surface area contributed by atoms with E-state index in [2.05, 4.69) is 10.3 Å². The van der Waals surface area contributed by atoms with E-state index >= 15 is 0 Å². The van der Waals surface area contributed by atoms with Crippen molar-refractivity contribution in [3.05, 3.63) is 70.9 Å². The Morgan fingerprint density at radius 1 is 1.14 bits per heavy atom. The van der Waals surface area contributed by atoms with Gasteiger partial charge in [-0.15, -0.1) is 0 Å². The molecule has 0 aliphatic heterocycles. The molecule has 3 rings (SSSR count). The van der Waals surface area contributed by atoms with Crippen LogP contribution in [0.15, 0.2) is 54.7 Å². The molecule has 0 spiro atoms. The number of aromatic nitrogens is 1. The Bertz CT molecular complexity index is 825. The molecule has 0 aliphatic rings. The van der Waals surface area contributed by atoms with Crippen LogP contribution >= 0.6 is 11.6 Å². The molecule has 0 aliphatic carbocycles. The molecule has 0 fully saturated rings. The summed E-state index contributed by atoms with van der Waals surface area (Å²) < 4.78 is 0. The van der Waals surface area contributed by atoms with Gasteiger partial charge in [0.05, 0.1) is 11.1 Å². The number of hydrogen-bond acceptors (Lipinski definition) is 2. The van der Waals surface area contributed by atoms with Crippen LogP contribution in [0.4, 0.5) is 5.69 Å². The molecule has 0 bridgehead atoms. The van der Waals surface area contributed by atoms with E-state index in [1.807, 2.05) is 43.3 Å². The topological polar surface area (TPSA) is 42.0 Å². The van der Waals surface area contributed by atoms with E-state index in [-0.39, 0.29) is 5.91 Å². The van der Waals surface area contributed by atoms with Gasteiger partial charge in [-0.05, 0) is 36.8 Å². The van der Waals surface area contributed by atoms with Crippen LogP contribution in [-0.4, -0.2) is 10.9 Å². The monoisotopic (exact) mass is 296 g/mol. The molecule has 0 radical (unpaired) electrons. The molecule has 1 amide bonds. The minimum Gasteiger partial charge on any atom is -0.322 e. The average Bonchev–Trinajstić information content (AvgIpc) is 2.50. The highest BCUT2D eigenvalue weighted by molar-refractivity contribution is 6.31. The van der Waals surface area contributed by atoms with Crippen LogP contribution in [0.5, 0.6) is 0 Å². The number of hydrogen-bond donors (Lipinski definition) is 1. The molecule has 1 N–H and O–H groups in total. The Morgan fingerprint density at radius 3 is 2.76 bits per heavy atom. The second-order valence-corrected chi connectivity index (χ2v) is 5.21. The Hall–Kier alpha value is -2.39. The number of carbonyl (C=O) groups is 1. The zero-order valence-corrected chi connectivity index (χ0v) is 12.2. The van der Waals surface area contributed by atoms with Gasteiger partial charge in [-0.3, -0.25) is 9.78 Å². The third-order valence-electron chi connectivity index (χ3n) is 3.31. The van der Waals surface area contributed by atoms with Gasteiger partial charge in [0.25, 0.3) is 5.91 Å². The number of nitrogens with one attached hydrogen (secondary N) is 1. The summed E-state index contributed by atoms with van der Waals surface area (Å²) in [6.45, 7) is 1.92. The molecule has 0 saturated carbocycles. The predicted molar refractivity (Wildman–Crippen MR) is 85.9 cm³/mol. The number of rotatable bonds is 2. The predicted octanol–water partition coefficient (Wildman–Crippen LogP) is 4.45. The standard InChI is InChI=1S/C17H13ClN2O/c1-11-7-8-13(10-15(11)18)20-17(21)14-6-2-4-12-5-3-9-19-16(12)14/h2-10H,1H3,(H,20,21). The van der Waals surface area contributed by atoms with Crippen molar-refractivity contribution < 1.29 is 4.79 Å². The lowest BCUT2D eigenvalue weighted by atomic mass is 10.1. The van der Waals surface area contributed by atoms with Crippen LogP contribution in [0.2, 0.25) is 5.02 Å². The number of aryl methyl sites for hydroxylation is 1. The van der Waals surface area contributed by atoms with Crippen LogP contribution in [0.3, 0.4) is 0 Å². The highest BCUT2D eigenvalue weighted by Gasteiger charge is 2.11. The summed E-state index contributed by atoms with van der Waals surface area (Å²) in [5, 5.41) is 4.42.